The van der Waals surface area contributed by atoms with Crippen LogP contribution in [0.1, 0.15) is 31.4 Å². The van der Waals surface area contributed by atoms with Gasteiger partial charge in [0.2, 0.25) is 0 Å². The molecule has 4 N–H and O–H groups in total. The van der Waals surface area contributed by atoms with Crippen molar-refractivity contribution < 1.29 is 5.11 Å². The summed E-state index contributed by atoms with van der Waals surface area (Å²) in [6.07, 6.45) is 3.71. The number of nitrogens with zero attached hydrogens (tertiary/aromatic N) is 2. The Balaban J connectivity index is 1.41. The first-order valence-corrected chi connectivity index (χ1v) is 11.0. The molecule has 0 spiro atoms. The zero-order chi connectivity index (χ0) is 19.3. The van der Waals surface area contributed by atoms with Crippen molar-refractivity contribution in [1.82, 2.24) is 10.3 Å². The normalized spacial score (nSPS) is 18.8. The van der Waals surface area contributed by atoms with E-state index in [2.05, 4.69) is 51.0 Å². The number of aromatic nitrogens is 1. The van der Waals surface area contributed by atoms with Gasteiger partial charge in [0, 0.05) is 24.5 Å². The molecule has 6 nitrogen and oxygen atoms in total. The summed E-state index contributed by atoms with van der Waals surface area (Å²) in [7, 11) is 0. The zero-order valence-electron chi connectivity index (χ0n) is 16.2. The smallest absolute Gasteiger partial charge is 0.183 e. The minimum atomic E-state index is -0.174. The van der Waals surface area contributed by atoms with E-state index in [-0.39, 0.29) is 6.10 Å². The maximum atomic E-state index is 9.78. The quantitative estimate of drug-likeness (QED) is 0.597. The SMILES string of the molecule is C=C(Nc1ccccc1N1CCC(O)CC1)c1csc(NC2CCNCC2)n1. The molecule has 2 fully saturated rings. The predicted molar refractivity (Wildman–Crippen MR) is 118 cm³/mol. The van der Waals surface area contributed by atoms with Crippen LogP contribution >= 0.6 is 11.3 Å². The molecule has 0 unspecified atom stereocenters. The van der Waals surface area contributed by atoms with Gasteiger partial charge in [-0.2, -0.15) is 0 Å². The van der Waals surface area contributed by atoms with Crippen molar-refractivity contribution in [3.63, 3.8) is 0 Å². The van der Waals surface area contributed by atoms with Crippen molar-refractivity contribution in [2.24, 2.45) is 0 Å². The second kappa shape index (κ2) is 8.94. The Bertz CT molecular complexity index is 794. The second-order valence-electron chi connectivity index (χ2n) is 7.55. The van der Waals surface area contributed by atoms with Crippen LogP contribution in [0.5, 0.6) is 0 Å². The summed E-state index contributed by atoms with van der Waals surface area (Å²) < 4.78 is 0. The summed E-state index contributed by atoms with van der Waals surface area (Å²) in [6, 6.07) is 8.78. The predicted octanol–water partition coefficient (Wildman–Crippen LogP) is 3.35. The Hall–Kier alpha value is -2.09. The second-order valence-corrected chi connectivity index (χ2v) is 8.40. The number of hydrogen-bond donors (Lipinski definition) is 4. The first-order chi connectivity index (χ1) is 13.7. The zero-order valence-corrected chi connectivity index (χ0v) is 17.0. The highest BCUT2D eigenvalue weighted by molar-refractivity contribution is 7.13. The topological polar surface area (TPSA) is 72.5 Å². The minimum absolute atomic E-state index is 0.174. The Morgan fingerprint density at radius 2 is 1.93 bits per heavy atom. The van der Waals surface area contributed by atoms with Gasteiger partial charge in [-0.05, 0) is 50.9 Å². The molecule has 7 heteroatoms. The number of piperidine rings is 2. The van der Waals surface area contributed by atoms with Crippen molar-refractivity contribution >= 4 is 33.5 Å². The number of aliphatic hydroxyl groups excluding tert-OH is 1. The van der Waals surface area contributed by atoms with E-state index in [9.17, 15) is 5.11 Å². The highest BCUT2D eigenvalue weighted by Gasteiger charge is 2.20. The number of benzene rings is 1. The molecule has 2 saturated heterocycles. The molecule has 0 amide bonds. The molecular weight excluding hydrogens is 370 g/mol. The molecule has 3 heterocycles. The van der Waals surface area contributed by atoms with Gasteiger partial charge >= 0.3 is 0 Å². The highest BCUT2D eigenvalue weighted by Crippen LogP contribution is 2.31. The Kier molecular flexibility index (Phi) is 6.14. The van der Waals surface area contributed by atoms with E-state index in [1.165, 1.54) is 0 Å². The van der Waals surface area contributed by atoms with Crippen LogP contribution in [0.15, 0.2) is 36.2 Å². The van der Waals surface area contributed by atoms with E-state index in [1.54, 1.807) is 11.3 Å². The van der Waals surface area contributed by atoms with Crippen LogP contribution in [0.2, 0.25) is 0 Å². The van der Waals surface area contributed by atoms with E-state index in [4.69, 9.17) is 4.98 Å². The van der Waals surface area contributed by atoms with Crippen molar-refractivity contribution in [3.8, 4) is 0 Å². The monoisotopic (exact) mass is 399 g/mol. The summed E-state index contributed by atoms with van der Waals surface area (Å²) in [6.45, 7) is 8.08. The number of para-hydroxylation sites is 2. The van der Waals surface area contributed by atoms with Crippen LogP contribution in [0.4, 0.5) is 16.5 Å². The van der Waals surface area contributed by atoms with Crippen molar-refractivity contribution in [1.29, 1.82) is 0 Å². The molecule has 4 rings (SSSR count). The fourth-order valence-electron chi connectivity index (χ4n) is 3.81. The summed E-state index contributed by atoms with van der Waals surface area (Å²) in [4.78, 5) is 7.06. The Morgan fingerprint density at radius 3 is 2.71 bits per heavy atom. The van der Waals surface area contributed by atoms with Gasteiger partial charge in [0.25, 0.3) is 0 Å². The molecule has 2 aromatic rings. The average Bonchev–Trinajstić information content (AvgIpc) is 3.19. The molecule has 0 radical (unpaired) electrons. The number of rotatable bonds is 6. The molecule has 2 aliphatic rings. The third kappa shape index (κ3) is 4.66. The van der Waals surface area contributed by atoms with Gasteiger partial charge in [-0.15, -0.1) is 11.3 Å². The van der Waals surface area contributed by atoms with Crippen LogP contribution in [0, 0.1) is 0 Å². The third-order valence-corrected chi connectivity index (χ3v) is 6.25. The maximum absolute atomic E-state index is 9.78. The van der Waals surface area contributed by atoms with Crippen LogP contribution in [-0.2, 0) is 0 Å². The van der Waals surface area contributed by atoms with Crippen molar-refractivity contribution in [3.05, 3.63) is 41.9 Å². The largest absolute Gasteiger partial charge is 0.393 e. The molecular formula is C21H29N5OS. The lowest BCUT2D eigenvalue weighted by Gasteiger charge is -2.33. The first kappa shape index (κ1) is 19.2. The van der Waals surface area contributed by atoms with Gasteiger partial charge in [0.15, 0.2) is 5.13 Å². The molecule has 0 saturated carbocycles. The molecule has 0 atom stereocenters. The van der Waals surface area contributed by atoms with Gasteiger partial charge in [0.1, 0.15) is 0 Å². The minimum Gasteiger partial charge on any atom is -0.393 e. The number of hydrogen-bond acceptors (Lipinski definition) is 7. The lowest BCUT2D eigenvalue weighted by molar-refractivity contribution is 0.145. The summed E-state index contributed by atoms with van der Waals surface area (Å²) in [5.74, 6) is 0. The number of thiazole rings is 1. The lowest BCUT2D eigenvalue weighted by Crippen LogP contribution is -2.36. The Labute approximate surface area is 170 Å². The number of anilines is 3. The van der Waals surface area contributed by atoms with Crippen LogP contribution in [-0.4, -0.2) is 48.4 Å². The van der Waals surface area contributed by atoms with Crippen LogP contribution in [0.25, 0.3) is 5.70 Å². The third-order valence-electron chi connectivity index (χ3n) is 5.47. The van der Waals surface area contributed by atoms with Gasteiger partial charge in [-0.3, -0.25) is 0 Å². The van der Waals surface area contributed by atoms with Gasteiger partial charge in [-0.25, -0.2) is 4.98 Å². The summed E-state index contributed by atoms with van der Waals surface area (Å²) >= 11 is 1.63. The van der Waals surface area contributed by atoms with E-state index >= 15 is 0 Å². The number of aliphatic hydroxyl groups is 1. The van der Waals surface area contributed by atoms with Crippen LogP contribution < -0.4 is 20.9 Å². The standard InChI is InChI=1S/C21H29N5OS/c1-15(19-14-28-21(25-19)24-16-6-10-22-11-7-16)23-18-4-2-3-5-20(18)26-12-8-17(27)9-13-26/h2-5,14,16-17,22-23,27H,1,6-13H2,(H,24,25). The van der Waals surface area contributed by atoms with Gasteiger partial charge in [-0.1, -0.05) is 18.7 Å². The molecule has 28 heavy (non-hydrogen) atoms. The van der Waals surface area contributed by atoms with E-state index in [1.807, 2.05) is 6.07 Å². The molecule has 0 aliphatic carbocycles. The van der Waals surface area contributed by atoms with Gasteiger partial charge in [0.05, 0.1) is 28.9 Å². The molecule has 150 valence electrons. The molecule has 1 aromatic heterocycles. The van der Waals surface area contributed by atoms with Crippen molar-refractivity contribution in [2.75, 3.05) is 41.7 Å². The first-order valence-electron chi connectivity index (χ1n) is 10.1. The fourth-order valence-corrected chi connectivity index (χ4v) is 4.61. The Morgan fingerprint density at radius 1 is 1.18 bits per heavy atom. The van der Waals surface area contributed by atoms with E-state index < -0.39 is 0 Å². The fraction of sp³-hybridized carbons (Fsp3) is 0.476. The highest BCUT2D eigenvalue weighted by atomic mass is 32.1. The average molecular weight is 400 g/mol. The summed E-state index contributed by atoms with van der Waals surface area (Å²) in [5, 5.41) is 23.2. The number of nitrogens with one attached hydrogen (secondary N) is 3. The maximum Gasteiger partial charge on any atom is 0.183 e. The van der Waals surface area contributed by atoms with Crippen molar-refractivity contribution in [2.45, 2.75) is 37.8 Å². The molecule has 1 aromatic carbocycles. The molecule has 2 aliphatic heterocycles. The molecule has 0 bridgehead atoms. The van der Waals surface area contributed by atoms with Crippen LogP contribution in [0.3, 0.4) is 0 Å². The van der Waals surface area contributed by atoms with E-state index in [0.29, 0.717) is 6.04 Å². The van der Waals surface area contributed by atoms with Gasteiger partial charge < -0.3 is 26.0 Å². The summed E-state index contributed by atoms with van der Waals surface area (Å²) in [5.41, 5.74) is 3.87. The van der Waals surface area contributed by atoms with E-state index in [0.717, 1.165) is 79.8 Å². The lowest BCUT2D eigenvalue weighted by atomic mass is 10.1.